The minimum Gasteiger partial charge on any atom is -0.370 e. The van der Waals surface area contributed by atoms with Crippen molar-refractivity contribution in [3.05, 3.63) is 50.8 Å². The number of rotatable bonds is 3. The summed E-state index contributed by atoms with van der Waals surface area (Å²) in [4.78, 5) is 25.1. The first-order valence-electron chi connectivity index (χ1n) is 6.79. The minimum atomic E-state index is -0.310. The van der Waals surface area contributed by atoms with Crippen LogP contribution in [0, 0.1) is 5.82 Å². The number of carbonyl (C=O) groups excluding carboxylic acids is 1. The van der Waals surface area contributed by atoms with Gasteiger partial charge in [-0.05, 0) is 17.7 Å². The summed E-state index contributed by atoms with van der Waals surface area (Å²) >= 11 is 0.957. The molecule has 1 fully saturated rings. The number of benzene rings is 1. The molecule has 6 nitrogen and oxygen atoms in total. The Hall–Kier alpha value is -2.06. The van der Waals surface area contributed by atoms with E-state index < -0.39 is 0 Å². The van der Waals surface area contributed by atoms with Gasteiger partial charge in [0.15, 0.2) is 0 Å². The third-order valence-electron chi connectivity index (χ3n) is 3.50. The van der Waals surface area contributed by atoms with Crippen LogP contribution in [0.5, 0.6) is 0 Å². The maximum absolute atomic E-state index is 13.0. The Bertz CT molecular complexity index is 713. The molecule has 0 spiro atoms. The Morgan fingerprint density at radius 1 is 1.41 bits per heavy atom. The van der Waals surface area contributed by atoms with E-state index in [9.17, 15) is 14.0 Å². The quantitative estimate of drug-likeness (QED) is 0.847. The highest BCUT2D eigenvalue weighted by Crippen LogP contribution is 2.22. The summed E-state index contributed by atoms with van der Waals surface area (Å²) in [5.41, 5.74) is 2.24. The Kier molecular flexibility index (Phi) is 4.30. The van der Waals surface area contributed by atoms with E-state index in [1.165, 1.54) is 17.6 Å². The summed E-state index contributed by atoms with van der Waals surface area (Å²) in [6.45, 7) is 1.18. The summed E-state index contributed by atoms with van der Waals surface area (Å²) < 4.78 is 19.8. The second-order valence-electron chi connectivity index (χ2n) is 4.91. The van der Waals surface area contributed by atoms with Crippen LogP contribution in [0.1, 0.15) is 11.7 Å². The summed E-state index contributed by atoms with van der Waals surface area (Å²) in [6.07, 6.45) is -0.287. The molecule has 1 atom stereocenters. The zero-order valence-corrected chi connectivity index (χ0v) is 12.5. The Labute approximate surface area is 129 Å². The van der Waals surface area contributed by atoms with E-state index in [1.54, 1.807) is 17.0 Å². The van der Waals surface area contributed by atoms with Gasteiger partial charge in [0.25, 0.3) is 0 Å². The molecule has 1 aliphatic heterocycles. The normalized spacial score (nSPS) is 18.4. The Balaban J connectivity index is 1.67. The molecule has 1 aromatic carbocycles. The van der Waals surface area contributed by atoms with Crippen LogP contribution in [0.15, 0.2) is 34.6 Å². The molecular formula is C14H14FN3O3S. The molecule has 116 valence electrons. The second-order valence-corrected chi connectivity index (χ2v) is 5.71. The van der Waals surface area contributed by atoms with Crippen molar-refractivity contribution >= 4 is 17.2 Å². The fourth-order valence-corrected chi connectivity index (χ4v) is 2.81. The predicted octanol–water partition coefficient (Wildman–Crippen LogP) is 1.04. The Morgan fingerprint density at radius 3 is 2.86 bits per heavy atom. The fourth-order valence-electron chi connectivity index (χ4n) is 2.32. The molecule has 0 radical (unpaired) electrons. The zero-order chi connectivity index (χ0) is 15.5. The molecule has 1 amide bonds. The van der Waals surface area contributed by atoms with Gasteiger partial charge in [-0.2, -0.15) is 5.10 Å². The fraction of sp³-hybridized carbons (Fsp3) is 0.357. The summed E-state index contributed by atoms with van der Waals surface area (Å²) in [5, 5.41) is 3.84. The summed E-state index contributed by atoms with van der Waals surface area (Å²) in [5.74, 6) is -0.487. The molecule has 1 aliphatic rings. The maximum atomic E-state index is 13.0. The lowest BCUT2D eigenvalue weighted by molar-refractivity contribution is -0.139. The number of amides is 1. The first-order chi connectivity index (χ1) is 10.6. The second kappa shape index (κ2) is 6.37. The molecule has 2 aromatic rings. The predicted molar refractivity (Wildman–Crippen MR) is 78.0 cm³/mol. The lowest BCUT2D eigenvalue weighted by Crippen LogP contribution is -2.44. The molecule has 0 unspecified atom stereocenters. The minimum absolute atomic E-state index is 0.0710. The van der Waals surface area contributed by atoms with Gasteiger partial charge in [0.1, 0.15) is 24.0 Å². The van der Waals surface area contributed by atoms with Gasteiger partial charge in [-0.1, -0.05) is 23.5 Å². The van der Waals surface area contributed by atoms with Crippen molar-refractivity contribution in [1.29, 1.82) is 0 Å². The largest absolute Gasteiger partial charge is 0.370 e. The van der Waals surface area contributed by atoms with Crippen LogP contribution >= 0.6 is 11.3 Å². The number of ether oxygens (including phenoxy) is 1. The van der Waals surface area contributed by atoms with E-state index in [0.29, 0.717) is 19.7 Å². The number of nitrogens with zero attached hydrogens (tertiary/aromatic N) is 3. The van der Waals surface area contributed by atoms with Gasteiger partial charge >= 0.3 is 4.87 Å². The molecule has 0 saturated carbocycles. The zero-order valence-electron chi connectivity index (χ0n) is 11.6. The van der Waals surface area contributed by atoms with E-state index in [0.717, 1.165) is 21.6 Å². The first kappa shape index (κ1) is 14.9. The topological polar surface area (TPSA) is 64.4 Å². The Morgan fingerprint density at radius 2 is 2.18 bits per heavy atom. The standard InChI is InChI=1S/C14H14FN3O3S/c15-11-3-1-10(2-4-11)12-7-17(5-6-21-12)13(19)8-18-14(20)22-9-16-18/h1-4,9,12H,5-8H2/t12-/m0/s1. The van der Waals surface area contributed by atoms with Crippen LogP contribution in [0.2, 0.25) is 0 Å². The van der Waals surface area contributed by atoms with Gasteiger partial charge in [0.2, 0.25) is 5.91 Å². The number of carbonyl (C=O) groups is 1. The first-order valence-corrected chi connectivity index (χ1v) is 7.67. The molecule has 2 heterocycles. The third-order valence-corrected chi connectivity index (χ3v) is 4.11. The maximum Gasteiger partial charge on any atom is 0.325 e. The van der Waals surface area contributed by atoms with Crippen molar-refractivity contribution in [2.45, 2.75) is 12.6 Å². The number of hydrogen-bond donors (Lipinski definition) is 0. The van der Waals surface area contributed by atoms with Crippen LogP contribution in [0.4, 0.5) is 4.39 Å². The van der Waals surface area contributed by atoms with Crippen molar-refractivity contribution in [3.63, 3.8) is 0 Å². The van der Waals surface area contributed by atoms with Crippen molar-refractivity contribution in [2.24, 2.45) is 0 Å². The lowest BCUT2D eigenvalue weighted by Gasteiger charge is -2.33. The highest BCUT2D eigenvalue weighted by atomic mass is 32.1. The molecule has 3 rings (SSSR count). The van der Waals surface area contributed by atoms with Crippen LogP contribution < -0.4 is 4.87 Å². The van der Waals surface area contributed by atoms with Crippen LogP contribution in [-0.4, -0.2) is 40.3 Å². The molecule has 0 bridgehead atoms. The van der Waals surface area contributed by atoms with Crippen molar-refractivity contribution < 1.29 is 13.9 Å². The summed E-state index contributed by atoms with van der Waals surface area (Å²) in [7, 11) is 0. The third kappa shape index (κ3) is 3.23. The monoisotopic (exact) mass is 323 g/mol. The molecule has 22 heavy (non-hydrogen) atoms. The molecule has 1 aromatic heterocycles. The average Bonchev–Trinajstić information content (AvgIpc) is 2.93. The van der Waals surface area contributed by atoms with Gasteiger partial charge in [-0.3, -0.25) is 9.59 Å². The van der Waals surface area contributed by atoms with Crippen molar-refractivity contribution in [1.82, 2.24) is 14.7 Å². The van der Waals surface area contributed by atoms with Gasteiger partial charge in [-0.25, -0.2) is 9.07 Å². The molecule has 0 N–H and O–H groups in total. The molecule has 0 aliphatic carbocycles. The van der Waals surface area contributed by atoms with E-state index in [4.69, 9.17) is 4.74 Å². The van der Waals surface area contributed by atoms with Crippen LogP contribution in [0.25, 0.3) is 0 Å². The van der Waals surface area contributed by atoms with E-state index in [2.05, 4.69) is 5.10 Å². The summed E-state index contributed by atoms with van der Waals surface area (Å²) in [6, 6.07) is 6.04. The number of halogens is 1. The van der Waals surface area contributed by atoms with Crippen LogP contribution in [-0.2, 0) is 16.1 Å². The smallest absolute Gasteiger partial charge is 0.325 e. The van der Waals surface area contributed by atoms with Gasteiger partial charge in [-0.15, -0.1) is 0 Å². The highest BCUT2D eigenvalue weighted by molar-refractivity contribution is 7.06. The van der Waals surface area contributed by atoms with Gasteiger partial charge in [0, 0.05) is 6.54 Å². The number of aromatic nitrogens is 2. The van der Waals surface area contributed by atoms with E-state index >= 15 is 0 Å². The highest BCUT2D eigenvalue weighted by Gasteiger charge is 2.25. The van der Waals surface area contributed by atoms with Crippen LogP contribution in [0.3, 0.4) is 0 Å². The average molecular weight is 323 g/mol. The van der Waals surface area contributed by atoms with Crippen molar-refractivity contribution in [2.75, 3.05) is 19.7 Å². The lowest BCUT2D eigenvalue weighted by atomic mass is 10.1. The van der Waals surface area contributed by atoms with E-state index in [1.807, 2.05) is 0 Å². The van der Waals surface area contributed by atoms with Crippen molar-refractivity contribution in [3.8, 4) is 0 Å². The number of hydrogen-bond acceptors (Lipinski definition) is 5. The SMILES string of the molecule is O=C(Cn1ncsc1=O)N1CCO[C@H](c2ccc(F)cc2)C1. The molecule has 1 saturated heterocycles. The number of morpholine rings is 1. The van der Waals surface area contributed by atoms with Gasteiger partial charge in [0.05, 0.1) is 13.2 Å². The van der Waals surface area contributed by atoms with Gasteiger partial charge < -0.3 is 9.64 Å². The van der Waals surface area contributed by atoms with E-state index in [-0.39, 0.29) is 29.2 Å². The molecule has 8 heteroatoms. The molecular weight excluding hydrogens is 309 g/mol.